The summed E-state index contributed by atoms with van der Waals surface area (Å²) in [5.41, 5.74) is 4.04. The van der Waals surface area contributed by atoms with Crippen LogP contribution in [-0.4, -0.2) is 19.9 Å². The third-order valence-electron chi connectivity index (χ3n) is 6.87. The van der Waals surface area contributed by atoms with Gasteiger partial charge in [0, 0.05) is 42.9 Å². The lowest BCUT2D eigenvalue weighted by Crippen LogP contribution is -2.00. The molecular weight excluding hydrogens is 516 g/mol. The number of hydrogen-bond acceptors (Lipinski definition) is 6. The van der Waals surface area contributed by atoms with Gasteiger partial charge in [0.15, 0.2) is 17.5 Å². The SMILES string of the molecule is O=[N+]([O-])c1ccccc1-c1ccc(-c2nc(-c3ccccc3)nc(-c3cccc4c3sc3ccccc34)n2)cc1. The Morgan fingerprint density at radius 3 is 1.88 bits per heavy atom. The number of fused-ring (bicyclic) bond motifs is 3. The smallest absolute Gasteiger partial charge is 0.258 e. The van der Waals surface area contributed by atoms with Gasteiger partial charge < -0.3 is 0 Å². The normalized spacial score (nSPS) is 11.2. The number of thiophene rings is 1. The van der Waals surface area contributed by atoms with Gasteiger partial charge in [0.2, 0.25) is 0 Å². The molecule has 0 saturated carbocycles. The number of aromatic nitrogens is 3. The summed E-state index contributed by atoms with van der Waals surface area (Å²) >= 11 is 1.73. The van der Waals surface area contributed by atoms with Crippen molar-refractivity contribution in [3.05, 3.63) is 131 Å². The molecule has 40 heavy (non-hydrogen) atoms. The minimum atomic E-state index is -0.359. The average molecular weight is 537 g/mol. The van der Waals surface area contributed by atoms with Crippen LogP contribution in [0.15, 0.2) is 121 Å². The van der Waals surface area contributed by atoms with Crippen molar-refractivity contribution >= 4 is 37.2 Å². The average Bonchev–Trinajstić information content (AvgIpc) is 3.40. The lowest BCUT2D eigenvalue weighted by atomic mass is 10.0. The fourth-order valence-corrected chi connectivity index (χ4v) is 6.15. The first kappa shape index (κ1) is 23.8. The van der Waals surface area contributed by atoms with E-state index in [4.69, 9.17) is 15.0 Å². The summed E-state index contributed by atoms with van der Waals surface area (Å²) in [6, 6.07) is 38.8. The molecule has 0 spiro atoms. The molecule has 0 unspecified atom stereocenters. The highest BCUT2D eigenvalue weighted by molar-refractivity contribution is 7.26. The van der Waals surface area contributed by atoms with Crippen molar-refractivity contribution in [3.8, 4) is 45.3 Å². The van der Waals surface area contributed by atoms with E-state index < -0.39 is 0 Å². The van der Waals surface area contributed by atoms with Gasteiger partial charge >= 0.3 is 0 Å². The maximum absolute atomic E-state index is 11.6. The molecule has 7 aromatic rings. The van der Waals surface area contributed by atoms with Crippen LogP contribution < -0.4 is 0 Å². The predicted octanol–water partition coefficient (Wildman–Crippen LogP) is 8.82. The van der Waals surface area contributed by atoms with E-state index in [1.165, 1.54) is 21.5 Å². The molecule has 6 nitrogen and oxygen atoms in total. The summed E-state index contributed by atoms with van der Waals surface area (Å²) in [4.78, 5) is 25.9. The van der Waals surface area contributed by atoms with Crippen LogP contribution in [0.2, 0.25) is 0 Å². The Kier molecular flexibility index (Phi) is 5.83. The zero-order chi connectivity index (χ0) is 27.1. The molecule has 0 radical (unpaired) electrons. The Morgan fingerprint density at radius 2 is 1.10 bits per heavy atom. The predicted molar refractivity (Wildman–Crippen MR) is 161 cm³/mol. The van der Waals surface area contributed by atoms with Gasteiger partial charge in [-0.1, -0.05) is 97.1 Å². The van der Waals surface area contributed by atoms with Gasteiger partial charge in [-0.15, -0.1) is 11.3 Å². The van der Waals surface area contributed by atoms with E-state index in [1.54, 1.807) is 29.5 Å². The Balaban J connectivity index is 1.39. The van der Waals surface area contributed by atoms with Crippen LogP contribution in [0.25, 0.3) is 65.5 Å². The molecule has 190 valence electrons. The zero-order valence-electron chi connectivity index (χ0n) is 21.1. The van der Waals surface area contributed by atoms with E-state index in [1.807, 2.05) is 60.7 Å². The van der Waals surface area contributed by atoms with Crippen molar-refractivity contribution in [2.75, 3.05) is 0 Å². The molecule has 0 aliphatic carbocycles. The van der Waals surface area contributed by atoms with Crippen LogP contribution >= 0.6 is 11.3 Å². The lowest BCUT2D eigenvalue weighted by molar-refractivity contribution is -0.384. The molecule has 0 saturated heterocycles. The monoisotopic (exact) mass is 536 g/mol. The third kappa shape index (κ3) is 4.19. The van der Waals surface area contributed by atoms with Gasteiger partial charge in [-0.3, -0.25) is 10.1 Å². The van der Waals surface area contributed by atoms with Crippen molar-refractivity contribution in [2.24, 2.45) is 0 Å². The molecular formula is C33H20N4O2S. The molecule has 0 N–H and O–H groups in total. The number of nitrogens with zero attached hydrogens (tertiary/aromatic N) is 4. The van der Waals surface area contributed by atoms with Crippen LogP contribution in [0.3, 0.4) is 0 Å². The van der Waals surface area contributed by atoms with E-state index in [-0.39, 0.29) is 10.6 Å². The van der Waals surface area contributed by atoms with E-state index in [0.29, 0.717) is 23.0 Å². The topological polar surface area (TPSA) is 81.8 Å². The van der Waals surface area contributed by atoms with Gasteiger partial charge in [-0.2, -0.15) is 0 Å². The summed E-state index contributed by atoms with van der Waals surface area (Å²) in [6.07, 6.45) is 0. The Labute approximate surface area is 233 Å². The summed E-state index contributed by atoms with van der Waals surface area (Å²) in [7, 11) is 0. The largest absolute Gasteiger partial charge is 0.277 e. The van der Waals surface area contributed by atoms with E-state index in [0.717, 1.165) is 27.0 Å². The Bertz CT molecular complexity index is 2040. The van der Waals surface area contributed by atoms with E-state index in [9.17, 15) is 10.1 Å². The minimum Gasteiger partial charge on any atom is -0.258 e. The molecule has 7 heteroatoms. The van der Waals surface area contributed by atoms with Crippen LogP contribution in [0.4, 0.5) is 5.69 Å². The van der Waals surface area contributed by atoms with Crippen molar-refractivity contribution in [3.63, 3.8) is 0 Å². The number of hydrogen-bond donors (Lipinski definition) is 0. The first-order chi connectivity index (χ1) is 19.7. The number of rotatable bonds is 5. The number of nitro groups is 1. The second-order valence-corrected chi connectivity index (χ2v) is 10.4. The van der Waals surface area contributed by atoms with Gasteiger partial charge in [0.1, 0.15) is 0 Å². The number of para-hydroxylation sites is 1. The second-order valence-electron chi connectivity index (χ2n) is 9.30. The van der Waals surface area contributed by atoms with Crippen LogP contribution in [-0.2, 0) is 0 Å². The van der Waals surface area contributed by atoms with E-state index in [2.05, 4.69) is 36.4 Å². The van der Waals surface area contributed by atoms with Crippen molar-refractivity contribution in [2.45, 2.75) is 0 Å². The lowest BCUT2D eigenvalue weighted by Gasteiger charge is -2.10. The van der Waals surface area contributed by atoms with Crippen molar-refractivity contribution < 1.29 is 4.92 Å². The van der Waals surface area contributed by atoms with Crippen LogP contribution in [0, 0.1) is 10.1 Å². The van der Waals surface area contributed by atoms with Crippen molar-refractivity contribution in [1.82, 2.24) is 15.0 Å². The molecule has 0 atom stereocenters. The molecule has 0 aliphatic heterocycles. The Hall–Kier alpha value is -5.27. The van der Waals surface area contributed by atoms with Crippen LogP contribution in [0.5, 0.6) is 0 Å². The zero-order valence-corrected chi connectivity index (χ0v) is 21.9. The molecule has 2 heterocycles. The molecule has 0 aliphatic rings. The molecule has 0 amide bonds. The van der Waals surface area contributed by atoms with Gasteiger partial charge in [0.25, 0.3) is 5.69 Å². The highest BCUT2D eigenvalue weighted by atomic mass is 32.1. The fourth-order valence-electron chi connectivity index (χ4n) is 4.94. The summed E-state index contributed by atoms with van der Waals surface area (Å²) < 4.78 is 2.35. The molecule has 0 fully saturated rings. The fraction of sp³-hybridized carbons (Fsp3) is 0. The summed E-state index contributed by atoms with van der Waals surface area (Å²) in [6.45, 7) is 0. The third-order valence-corrected chi connectivity index (χ3v) is 8.09. The Morgan fingerprint density at radius 1 is 0.525 bits per heavy atom. The first-order valence-electron chi connectivity index (χ1n) is 12.7. The highest BCUT2D eigenvalue weighted by Gasteiger charge is 2.18. The molecule has 5 aromatic carbocycles. The maximum Gasteiger partial charge on any atom is 0.277 e. The quantitative estimate of drug-likeness (QED) is 0.162. The second kappa shape index (κ2) is 9.80. The minimum absolute atomic E-state index is 0.0699. The highest BCUT2D eigenvalue weighted by Crippen LogP contribution is 2.39. The maximum atomic E-state index is 11.6. The summed E-state index contributed by atoms with van der Waals surface area (Å²) in [5, 5.41) is 13.9. The van der Waals surface area contributed by atoms with Gasteiger partial charge in [-0.25, -0.2) is 15.0 Å². The number of nitro benzene ring substituents is 1. The van der Waals surface area contributed by atoms with Gasteiger partial charge in [-0.05, 0) is 23.8 Å². The molecule has 0 bridgehead atoms. The van der Waals surface area contributed by atoms with E-state index >= 15 is 0 Å². The number of benzene rings is 5. The first-order valence-corrected chi connectivity index (χ1v) is 13.5. The van der Waals surface area contributed by atoms with Crippen LogP contribution in [0.1, 0.15) is 0 Å². The standard InChI is InChI=1S/C33H20N4O2S/c38-37(39)28-15-6-4-11-24(28)21-17-19-23(20-18-21)32-34-31(22-9-2-1-3-10-22)35-33(36-32)27-14-8-13-26-25-12-5-7-16-29(25)40-30(26)27/h1-20H. The molecule has 2 aromatic heterocycles. The molecule has 7 rings (SSSR count). The van der Waals surface area contributed by atoms with Crippen molar-refractivity contribution in [1.29, 1.82) is 0 Å². The summed E-state index contributed by atoms with van der Waals surface area (Å²) in [5.74, 6) is 1.72. The van der Waals surface area contributed by atoms with Gasteiger partial charge in [0.05, 0.1) is 10.5 Å².